The maximum absolute atomic E-state index is 10.1. The lowest BCUT2D eigenvalue weighted by molar-refractivity contribution is -0.134. The molecule has 1 aromatic rings. The van der Waals surface area contributed by atoms with Crippen LogP contribution in [-0.2, 0) is 4.79 Å². The monoisotopic (exact) mass is 170 g/mol. The lowest BCUT2D eigenvalue weighted by atomic mass is 10.6. The van der Waals surface area contributed by atoms with Crippen molar-refractivity contribution in [1.82, 2.24) is 9.97 Å². The van der Waals surface area contributed by atoms with Crippen molar-refractivity contribution in [3.05, 3.63) is 5.82 Å². The number of hydrogen-bond donors (Lipinski definition) is 4. The molecule has 0 bridgehead atoms. The van der Waals surface area contributed by atoms with Crippen LogP contribution < -0.4 is 11.1 Å². The number of imidazole rings is 1. The van der Waals surface area contributed by atoms with Crippen LogP contribution in [0.1, 0.15) is 5.82 Å². The molecule has 66 valence electrons. The van der Waals surface area contributed by atoms with Gasteiger partial charge in [-0.25, -0.2) is 4.98 Å². The van der Waals surface area contributed by atoms with Gasteiger partial charge in [0.1, 0.15) is 18.2 Å². The molecule has 6 nitrogen and oxygen atoms in total. The first-order valence-corrected chi connectivity index (χ1v) is 3.37. The quantitative estimate of drug-likeness (QED) is 0.502. The van der Waals surface area contributed by atoms with Gasteiger partial charge in [0, 0.05) is 0 Å². The number of aromatic amines is 1. The molecule has 0 aromatic carbocycles. The molecule has 0 radical (unpaired) electrons. The zero-order chi connectivity index (χ0) is 9.14. The van der Waals surface area contributed by atoms with Crippen molar-refractivity contribution >= 4 is 17.6 Å². The van der Waals surface area contributed by atoms with Crippen molar-refractivity contribution in [2.45, 2.75) is 6.92 Å². The number of hydrogen-bond acceptors (Lipinski definition) is 4. The second-order valence-corrected chi connectivity index (χ2v) is 2.33. The van der Waals surface area contributed by atoms with Crippen LogP contribution in [-0.4, -0.2) is 27.6 Å². The highest BCUT2D eigenvalue weighted by molar-refractivity contribution is 5.73. The summed E-state index contributed by atoms with van der Waals surface area (Å²) in [6, 6.07) is 0. The first-order chi connectivity index (χ1) is 5.59. The van der Waals surface area contributed by atoms with Gasteiger partial charge in [0.25, 0.3) is 0 Å². The molecule has 0 saturated heterocycles. The van der Waals surface area contributed by atoms with Crippen LogP contribution in [0, 0.1) is 6.92 Å². The number of carboxylic acid groups (broad SMARTS) is 1. The summed E-state index contributed by atoms with van der Waals surface area (Å²) in [5, 5.41) is 10.9. The smallest absolute Gasteiger partial charge is 0.322 e. The first kappa shape index (κ1) is 8.38. The number of rotatable bonds is 3. The number of H-pyrrole nitrogens is 1. The minimum absolute atomic E-state index is 0.186. The normalized spacial score (nSPS) is 9.75. The first-order valence-electron chi connectivity index (χ1n) is 3.37. The Morgan fingerprint density at radius 3 is 2.92 bits per heavy atom. The van der Waals surface area contributed by atoms with Crippen LogP contribution in [0.15, 0.2) is 0 Å². The number of nitrogens with two attached hydrogens (primary N) is 1. The SMILES string of the molecule is Cc1nc(NCC(=O)O)c(N)[nH]1. The van der Waals surface area contributed by atoms with Gasteiger partial charge >= 0.3 is 5.97 Å². The van der Waals surface area contributed by atoms with Crippen LogP contribution in [0.25, 0.3) is 0 Å². The third kappa shape index (κ3) is 1.88. The van der Waals surface area contributed by atoms with Gasteiger partial charge in [-0.05, 0) is 6.92 Å². The molecule has 1 heterocycles. The molecule has 0 aliphatic rings. The summed E-state index contributed by atoms with van der Waals surface area (Å²) in [6.07, 6.45) is 0. The van der Waals surface area contributed by atoms with Crippen molar-refractivity contribution in [2.24, 2.45) is 0 Å². The Morgan fingerprint density at radius 1 is 1.83 bits per heavy atom. The van der Waals surface area contributed by atoms with E-state index in [1.807, 2.05) is 0 Å². The van der Waals surface area contributed by atoms with Crippen molar-refractivity contribution < 1.29 is 9.90 Å². The van der Waals surface area contributed by atoms with Gasteiger partial charge in [-0.1, -0.05) is 0 Å². The molecule has 0 fully saturated rings. The molecule has 5 N–H and O–H groups in total. The number of carbonyl (C=O) groups is 1. The summed E-state index contributed by atoms with van der Waals surface area (Å²) in [7, 11) is 0. The Bertz CT molecular complexity index is 294. The second-order valence-electron chi connectivity index (χ2n) is 2.33. The summed E-state index contributed by atoms with van der Waals surface area (Å²) in [4.78, 5) is 16.8. The van der Waals surface area contributed by atoms with Crippen LogP contribution in [0.4, 0.5) is 11.6 Å². The third-order valence-corrected chi connectivity index (χ3v) is 1.26. The number of aromatic nitrogens is 2. The molecule has 0 atom stereocenters. The van der Waals surface area contributed by atoms with E-state index in [1.165, 1.54) is 0 Å². The van der Waals surface area contributed by atoms with Crippen molar-refractivity contribution in [3.8, 4) is 0 Å². The standard InChI is InChI=1S/C6H10N4O2/c1-3-9-5(7)6(10-3)8-2-4(11)12/h8H,2,7H2,1H3,(H,9,10)(H,11,12). The molecule has 0 aliphatic heterocycles. The zero-order valence-electron chi connectivity index (χ0n) is 6.59. The molecule has 6 heteroatoms. The fourth-order valence-corrected chi connectivity index (χ4v) is 0.804. The van der Waals surface area contributed by atoms with E-state index in [0.717, 1.165) is 0 Å². The fourth-order valence-electron chi connectivity index (χ4n) is 0.804. The van der Waals surface area contributed by atoms with Gasteiger partial charge in [-0.3, -0.25) is 4.79 Å². The van der Waals surface area contributed by atoms with E-state index in [4.69, 9.17) is 10.8 Å². The number of carboxylic acids is 1. The Labute approximate surface area is 68.8 Å². The Morgan fingerprint density at radius 2 is 2.50 bits per heavy atom. The van der Waals surface area contributed by atoms with E-state index in [9.17, 15) is 4.79 Å². The van der Waals surface area contributed by atoms with Gasteiger partial charge in [-0.15, -0.1) is 0 Å². The molecular formula is C6H10N4O2. The molecule has 0 saturated carbocycles. The fraction of sp³-hybridized carbons (Fsp3) is 0.333. The van der Waals surface area contributed by atoms with Crippen LogP contribution in [0.5, 0.6) is 0 Å². The third-order valence-electron chi connectivity index (χ3n) is 1.26. The Hall–Kier alpha value is -1.72. The maximum atomic E-state index is 10.1. The van der Waals surface area contributed by atoms with Gasteiger partial charge in [0.05, 0.1) is 0 Å². The van der Waals surface area contributed by atoms with E-state index in [1.54, 1.807) is 6.92 Å². The average Bonchev–Trinajstić information content (AvgIpc) is 2.26. The van der Waals surface area contributed by atoms with Gasteiger partial charge in [0.15, 0.2) is 5.82 Å². The van der Waals surface area contributed by atoms with E-state index >= 15 is 0 Å². The van der Waals surface area contributed by atoms with E-state index in [0.29, 0.717) is 17.5 Å². The predicted octanol–water partition coefficient (Wildman–Crippen LogP) is -0.203. The molecule has 0 amide bonds. The van der Waals surface area contributed by atoms with Gasteiger partial charge < -0.3 is 21.1 Å². The van der Waals surface area contributed by atoms with Gasteiger partial charge in [-0.2, -0.15) is 0 Å². The number of nitrogens with one attached hydrogen (secondary N) is 2. The van der Waals surface area contributed by atoms with Gasteiger partial charge in [0.2, 0.25) is 0 Å². The maximum Gasteiger partial charge on any atom is 0.322 e. The number of anilines is 2. The summed E-state index contributed by atoms with van der Waals surface area (Å²) < 4.78 is 0. The van der Waals surface area contributed by atoms with Crippen LogP contribution in [0.2, 0.25) is 0 Å². The molecular weight excluding hydrogens is 160 g/mol. The number of nitrogen functional groups attached to an aromatic ring is 1. The Kier molecular flexibility index (Phi) is 2.18. The Balaban J connectivity index is 2.62. The zero-order valence-corrected chi connectivity index (χ0v) is 6.59. The van der Waals surface area contributed by atoms with Crippen LogP contribution >= 0.6 is 0 Å². The number of aryl methyl sites for hydroxylation is 1. The minimum Gasteiger partial charge on any atom is -0.480 e. The molecule has 12 heavy (non-hydrogen) atoms. The minimum atomic E-state index is -0.949. The molecule has 1 rings (SSSR count). The highest BCUT2D eigenvalue weighted by atomic mass is 16.4. The molecule has 0 aliphatic carbocycles. The summed E-state index contributed by atoms with van der Waals surface area (Å²) in [6.45, 7) is 1.55. The summed E-state index contributed by atoms with van der Waals surface area (Å²) in [5.74, 6) is 0.444. The van der Waals surface area contributed by atoms with Crippen molar-refractivity contribution in [1.29, 1.82) is 0 Å². The molecule has 1 aromatic heterocycles. The second kappa shape index (κ2) is 3.12. The summed E-state index contributed by atoms with van der Waals surface area (Å²) >= 11 is 0. The highest BCUT2D eigenvalue weighted by Crippen LogP contribution is 2.12. The van der Waals surface area contributed by atoms with E-state index < -0.39 is 5.97 Å². The average molecular weight is 170 g/mol. The highest BCUT2D eigenvalue weighted by Gasteiger charge is 2.04. The summed E-state index contributed by atoms with van der Waals surface area (Å²) in [5.41, 5.74) is 5.45. The predicted molar refractivity (Wildman–Crippen MR) is 43.9 cm³/mol. The number of aliphatic carboxylic acids is 1. The topological polar surface area (TPSA) is 104 Å². The van der Waals surface area contributed by atoms with E-state index in [-0.39, 0.29) is 6.54 Å². The lowest BCUT2D eigenvalue weighted by Crippen LogP contribution is -2.13. The largest absolute Gasteiger partial charge is 0.480 e. The molecule has 0 spiro atoms. The van der Waals surface area contributed by atoms with Crippen LogP contribution in [0.3, 0.4) is 0 Å². The number of nitrogens with zero attached hydrogens (tertiary/aromatic N) is 1. The molecule has 0 unspecified atom stereocenters. The lowest BCUT2D eigenvalue weighted by Gasteiger charge is -1.97. The van der Waals surface area contributed by atoms with E-state index in [2.05, 4.69) is 15.3 Å². The van der Waals surface area contributed by atoms with Crippen molar-refractivity contribution in [2.75, 3.05) is 17.6 Å². The van der Waals surface area contributed by atoms with Crippen molar-refractivity contribution in [3.63, 3.8) is 0 Å².